The fraction of sp³-hybridized carbons (Fsp3) is 0.182. The van der Waals surface area contributed by atoms with Gasteiger partial charge in [0.15, 0.2) is 0 Å². The molecule has 4 rings (SSSR count). The molecule has 0 spiro atoms. The molecule has 12 heteroatoms. The van der Waals surface area contributed by atoms with Gasteiger partial charge in [-0.1, -0.05) is 6.07 Å². The van der Waals surface area contributed by atoms with Crippen molar-refractivity contribution in [3.05, 3.63) is 76.2 Å². The number of rotatable bonds is 3. The smallest absolute Gasteiger partial charge is 0.416 e. The third-order valence-corrected chi connectivity index (χ3v) is 5.27. The molecule has 1 aromatic heterocycles. The number of carbonyl (C=O) groups is 2. The van der Waals surface area contributed by atoms with Gasteiger partial charge in [-0.25, -0.2) is 9.18 Å². The maximum Gasteiger partial charge on any atom is 0.416 e. The van der Waals surface area contributed by atoms with E-state index in [1.54, 1.807) is 0 Å². The van der Waals surface area contributed by atoms with Gasteiger partial charge in [0.25, 0.3) is 5.78 Å². The van der Waals surface area contributed by atoms with E-state index in [1.807, 2.05) is 0 Å². The minimum atomic E-state index is -5.10. The normalized spacial score (nSPS) is 16.3. The molecular weight excluding hydrogens is 475 g/mol. The fourth-order valence-corrected chi connectivity index (χ4v) is 3.66. The quantitative estimate of drug-likeness (QED) is 0.180. The highest BCUT2D eigenvalue weighted by Crippen LogP contribution is 2.38. The average molecular weight is 487 g/mol. The van der Waals surface area contributed by atoms with Gasteiger partial charge in [-0.05, 0) is 35.9 Å². The molecule has 2 heterocycles. The third-order valence-electron chi connectivity index (χ3n) is 5.27. The number of ether oxygens (including phenoxy) is 1. The van der Waals surface area contributed by atoms with Crippen molar-refractivity contribution in [2.45, 2.75) is 18.9 Å². The number of benzene rings is 2. The van der Waals surface area contributed by atoms with Gasteiger partial charge >= 0.3 is 18.3 Å². The number of fused-ring (bicyclic) bond motifs is 1. The van der Waals surface area contributed by atoms with Crippen molar-refractivity contribution in [1.29, 1.82) is 0 Å². The number of halogens is 7. The van der Waals surface area contributed by atoms with Crippen LogP contribution in [0.25, 0.3) is 16.7 Å². The lowest BCUT2D eigenvalue weighted by Gasteiger charge is -2.17. The molecule has 0 saturated carbocycles. The number of cyclic esters (lactones) is 1. The summed E-state index contributed by atoms with van der Waals surface area (Å²) in [5.74, 6) is -3.83. The second-order valence-corrected chi connectivity index (χ2v) is 7.43. The Balaban J connectivity index is 1.87. The number of esters is 1. The molecule has 0 bridgehead atoms. The molecule has 2 aromatic carbocycles. The van der Waals surface area contributed by atoms with Crippen molar-refractivity contribution >= 4 is 28.4 Å². The Morgan fingerprint density at radius 2 is 1.71 bits per heavy atom. The summed E-state index contributed by atoms with van der Waals surface area (Å²) < 4.78 is 99.1. The van der Waals surface area contributed by atoms with E-state index in [-0.39, 0.29) is 22.5 Å². The number of nitrogens with zero attached hydrogens (tertiary/aromatic N) is 1. The first-order chi connectivity index (χ1) is 15.8. The number of hydrogen-bond donors (Lipinski definition) is 1. The molecule has 178 valence electrons. The highest BCUT2D eigenvalue weighted by atomic mass is 19.4. The summed E-state index contributed by atoms with van der Waals surface area (Å²) in [4.78, 5) is 23.2. The third kappa shape index (κ3) is 4.11. The zero-order chi connectivity index (χ0) is 25.0. The van der Waals surface area contributed by atoms with Gasteiger partial charge in [0.05, 0.1) is 16.7 Å². The van der Waals surface area contributed by atoms with E-state index in [9.17, 15) is 45.4 Å². The molecule has 34 heavy (non-hydrogen) atoms. The van der Waals surface area contributed by atoms with Gasteiger partial charge in [-0.2, -0.15) is 26.3 Å². The maximum absolute atomic E-state index is 13.9. The van der Waals surface area contributed by atoms with Crippen LogP contribution in [0.15, 0.2) is 48.2 Å². The summed E-state index contributed by atoms with van der Waals surface area (Å²) in [6.07, 6.45) is -8.98. The van der Waals surface area contributed by atoms with E-state index in [0.29, 0.717) is 12.1 Å². The van der Waals surface area contributed by atoms with E-state index in [0.717, 1.165) is 22.9 Å². The number of Topliss-reactive ketones (excluding diaryl/α,β-unsaturated/α-hetero) is 1. The molecular formula is C22H12F7NO4. The van der Waals surface area contributed by atoms with Crippen molar-refractivity contribution in [2.75, 3.05) is 6.61 Å². The van der Waals surface area contributed by atoms with Crippen molar-refractivity contribution in [3.63, 3.8) is 0 Å². The predicted molar refractivity (Wildman–Crippen MR) is 103 cm³/mol. The van der Waals surface area contributed by atoms with Gasteiger partial charge in [-0.15, -0.1) is 0 Å². The second kappa shape index (κ2) is 7.89. The summed E-state index contributed by atoms with van der Waals surface area (Å²) >= 11 is 0. The zero-order valence-electron chi connectivity index (χ0n) is 16.7. The SMILES string of the molecule is O=C1OCC(=C(O)c2cn(Cc3ccc(C(F)(F)F)cc3C(F)(F)F)c3ccc(F)cc23)C1=O. The van der Waals surface area contributed by atoms with Crippen molar-refractivity contribution in [1.82, 2.24) is 4.57 Å². The number of ketones is 1. The van der Waals surface area contributed by atoms with E-state index >= 15 is 0 Å². The summed E-state index contributed by atoms with van der Waals surface area (Å²) in [6, 6.07) is 4.35. The van der Waals surface area contributed by atoms with E-state index in [1.165, 1.54) is 6.07 Å². The van der Waals surface area contributed by atoms with Gasteiger partial charge in [-0.3, -0.25) is 4.79 Å². The first kappa shape index (κ1) is 23.3. The Hall–Kier alpha value is -3.83. The minimum absolute atomic E-state index is 0.00119. The van der Waals surface area contributed by atoms with Crippen LogP contribution in [0.2, 0.25) is 0 Å². The molecule has 0 atom stereocenters. The lowest BCUT2D eigenvalue weighted by molar-refractivity contribution is -0.146. The number of alkyl halides is 6. The molecule has 0 amide bonds. The molecule has 1 saturated heterocycles. The molecule has 1 fully saturated rings. The molecule has 5 nitrogen and oxygen atoms in total. The van der Waals surface area contributed by atoms with Gasteiger partial charge in [0.2, 0.25) is 0 Å². The summed E-state index contributed by atoms with van der Waals surface area (Å²) in [6.45, 7) is -1.15. The predicted octanol–water partition coefficient (Wildman–Crippen LogP) is 5.26. The Morgan fingerprint density at radius 1 is 1.00 bits per heavy atom. The lowest BCUT2D eigenvalue weighted by atomic mass is 10.0. The lowest BCUT2D eigenvalue weighted by Crippen LogP contribution is -2.15. The van der Waals surface area contributed by atoms with Crippen LogP contribution in [0.3, 0.4) is 0 Å². The maximum atomic E-state index is 13.9. The van der Waals surface area contributed by atoms with Crippen LogP contribution in [0.1, 0.15) is 22.3 Å². The van der Waals surface area contributed by atoms with Crippen LogP contribution >= 0.6 is 0 Å². The zero-order valence-corrected chi connectivity index (χ0v) is 16.7. The molecule has 3 aromatic rings. The van der Waals surface area contributed by atoms with E-state index in [4.69, 9.17) is 0 Å². The fourth-order valence-electron chi connectivity index (χ4n) is 3.66. The van der Waals surface area contributed by atoms with E-state index < -0.39 is 71.1 Å². The molecule has 0 aliphatic carbocycles. The van der Waals surface area contributed by atoms with Crippen LogP contribution in [-0.2, 0) is 33.2 Å². The van der Waals surface area contributed by atoms with Crippen molar-refractivity contribution in [2.24, 2.45) is 0 Å². The monoisotopic (exact) mass is 487 g/mol. The number of hydrogen-bond acceptors (Lipinski definition) is 4. The Morgan fingerprint density at radius 3 is 2.29 bits per heavy atom. The Labute approximate surface area is 185 Å². The first-order valence-corrected chi connectivity index (χ1v) is 9.47. The van der Waals surface area contributed by atoms with Crippen LogP contribution in [-0.4, -0.2) is 28.0 Å². The molecule has 0 radical (unpaired) electrons. The van der Waals surface area contributed by atoms with Crippen LogP contribution < -0.4 is 0 Å². The highest BCUT2D eigenvalue weighted by molar-refractivity contribution is 6.43. The number of aliphatic hydroxyl groups is 1. The number of carbonyl (C=O) groups excluding carboxylic acids is 2. The van der Waals surface area contributed by atoms with Crippen molar-refractivity contribution < 1.29 is 50.2 Å². The summed E-state index contributed by atoms with van der Waals surface area (Å²) in [5, 5.41) is 10.6. The van der Waals surface area contributed by atoms with Crippen LogP contribution in [0.4, 0.5) is 30.7 Å². The van der Waals surface area contributed by atoms with Crippen molar-refractivity contribution in [3.8, 4) is 0 Å². The topological polar surface area (TPSA) is 68.5 Å². The van der Waals surface area contributed by atoms with Gasteiger partial charge in [0, 0.05) is 29.2 Å². The van der Waals surface area contributed by atoms with Crippen LogP contribution in [0, 0.1) is 5.82 Å². The number of aromatic nitrogens is 1. The highest BCUT2D eigenvalue weighted by Gasteiger charge is 2.38. The molecule has 1 aliphatic rings. The summed E-state index contributed by atoms with van der Waals surface area (Å²) in [7, 11) is 0. The summed E-state index contributed by atoms with van der Waals surface area (Å²) in [5.41, 5.74) is -3.98. The second-order valence-electron chi connectivity index (χ2n) is 7.43. The largest absolute Gasteiger partial charge is 0.507 e. The molecule has 1 N–H and O–H groups in total. The van der Waals surface area contributed by atoms with Gasteiger partial charge < -0.3 is 14.4 Å². The average Bonchev–Trinajstić information content (AvgIpc) is 3.26. The minimum Gasteiger partial charge on any atom is -0.507 e. The number of aliphatic hydroxyl groups excluding tert-OH is 1. The van der Waals surface area contributed by atoms with Crippen LogP contribution in [0.5, 0.6) is 0 Å². The molecule has 0 unspecified atom stereocenters. The standard InChI is InChI=1S/C22H12F7NO4/c23-12-3-4-17-13(6-12)14(18(31)15-9-34-20(33)19(15)32)8-30(17)7-10-1-2-11(21(24,25)26)5-16(10)22(27,28)29/h1-6,8,31H,7,9H2. The van der Waals surface area contributed by atoms with E-state index in [2.05, 4.69) is 4.74 Å². The Bertz CT molecular complexity index is 1370. The first-order valence-electron chi connectivity index (χ1n) is 9.47. The molecule has 1 aliphatic heterocycles. The Kier molecular flexibility index (Phi) is 5.41. The van der Waals surface area contributed by atoms with Gasteiger partial charge in [0.1, 0.15) is 18.2 Å².